The largest absolute Gasteiger partial charge is 0.507 e. The zero-order chi connectivity index (χ0) is 20.8. The lowest BCUT2D eigenvalue weighted by molar-refractivity contribution is -0.137. The Morgan fingerprint density at radius 2 is 1.97 bits per heavy atom. The Morgan fingerprint density at radius 1 is 1.17 bits per heavy atom. The van der Waals surface area contributed by atoms with Crippen molar-refractivity contribution in [2.45, 2.75) is 25.1 Å². The predicted molar refractivity (Wildman–Crippen MR) is 105 cm³/mol. The third-order valence-electron chi connectivity index (χ3n) is 5.35. The Labute approximate surface area is 166 Å². The van der Waals surface area contributed by atoms with E-state index in [1.165, 1.54) is 6.07 Å². The first-order chi connectivity index (χ1) is 13.7. The number of aromatic hydroxyl groups is 1. The minimum atomic E-state index is -4.52. The summed E-state index contributed by atoms with van der Waals surface area (Å²) in [7, 11) is 3.95. The first-order valence-corrected chi connectivity index (χ1v) is 9.41. The average molecular weight is 405 g/mol. The molecule has 9 heteroatoms. The van der Waals surface area contributed by atoms with E-state index in [9.17, 15) is 18.3 Å². The van der Waals surface area contributed by atoms with E-state index >= 15 is 0 Å². The number of piperidine rings is 1. The van der Waals surface area contributed by atoms with Gasteiger partial charge in [-0.25, -0.2) is 0 Å². The highest BCUT2D eigenvalue weighted by atomic mass is 19.4. The quantitative estimate of drug-likeness (QED) is 0.693. The maximum Gasteiger partial charge on any atom is 0.416 e. The number of likely N-dealkylation sites (N-methyl/N-ethyl adjacent to an activating group) is 1. The number of likely N-dealkylation sites (tertiary alicyclic amines) is 1. The van der Waals surface area contributed by atoms with Crippen molar-refractivity contribution in [1.29, 1.82) is 0 Å². The van der Waals surface area contributed by atoms with Crippen LogP contribution in [0, 0.1) is 0 Å². The minimum absolute atomic E-state index is 0.214. The van der Waals surface area contributed by atoms with E-state index in [1.54, 1.807) is 0 Å². The molecule has 154 valence electrons. The fourth-order valence-electron chi connectivity index (χ4n) is 3.90. The van der Waals surface area contributed by atoms with Crippen LogP contribution in [-0.4, -0.2) is 50.9 Å². The van der Waals surface area contributed by atoms with Crippen molar-refractivity contribution in [2.75, 3.05) is 25.5 Å². The van der Waals surface area contributed by atoms with Crippen molar-refractivity contribution < 1.29 is 18.3 Å². The van der Waals surface area contributed by atoms with Crippen molar-refractivity contribution in [2.24, 2.45) is 7.05 Å². The van der Waals surface area contributed by atoms with Crippen LogP contribution in [0.15, 0.2) is 30.5 Å². The van der Waals surface area contributed by atoms with E-state index in [0.29, 0.717) is 16.9 Å². The van der Waals surface area contributed by atoms with Crippen LogP contribution >= 0.6 is 0 Å². The van der Waals surface area contributed by atoms with Crippen molar-refractivity contribution in [3.8, 4) is 17.0 Å². The second kappa shape index (κ2) is 7.22. The lowest BCUT2D eigenvalue weighted by Crippen LogP contribution is -2.40. The number of hydrogen-bond acceptors (Lipinski definition) is 5. The summed E-state index contributed by atoms with van der Waals surface area (Å²) in [6.07, 6.45) is -0.559. The fourth-order valence-corrected chi connectivity index (χ4v) is 3.90. The second-order valence-electron chi connectivity index (χ2n) is 7.56. The molecular formula is C20H22F3N5O. The van der Waals surface area contributed by atoms with Gasteiger partial charge in [0.05, 0.1) is 11.1 Å². The Morgan fingerprint density at radius 3 is 2.66 bits per heavy atom. The molecule has 4 rings (SSSR count). The number of phenols is 1. The van der Waals surface area contributed by atoms with Crippen molar-refractivity contribution in [3.63, 3.8) is 0 Å². The van der Waals surface area contributed by atoms with Gasteiger partial charge in [0.1, 0.15) is 11.4 Å². The van der Waals surface area contributed by atoms with E-state index < -0.39 is 17.5 Å². The van der Waals surface area contributed by atoms with Gasteiger partial charge in [0.15, 0.2) is 5.82 Å². The van der Waals surface area contributed by atoms with Crippen LogP contribution in [0.1, 0.15) is 18.4 Å². The van der Waals surface area contributed by atoms with E-state index in [-0.39, 0.29) is 11.6 Å². The van der Waals surface area contributed by atoms with Crippen LogP contribution in [0.4, 0.5) is 19.0 Å². The minimum Gasteiger partial charge on any atom is -0.507 e. The number of nitrogens with one attached hydrogen (secondary N) is 1. The lowest BCUT2D eigenvalue weighted by Gasteiger charge is -2.30. The SMILES string of the molecule is CN1CCC[C@@H](Nc2nnc(-c3ccc(C(F)(F)F)cc3O)c3ccn(C)c23)C1. The third kappa shape index (κ3) is 3.74. The smallest absolute Gasteiger partial charge is 0.416 e. The molecule has 0 radical (unpaired) electrons. The number of anilines is 1. The molecule has 0 spiro atoms. The summed E-state index contributed by atoms with van der Waals surface area (Å²) in [6, 6.07) is 4.96. The van der Waals surface area contributed by atoms with E-state index in [0.717, 1.165) is 43.6 Å². The second-order valence-corrected chi connectivity index (χ2v) is 7.56. The summed E-state index contributed by atoms with van der Waals surface area (Å²) in [5.41, 5.74) is 0.446. The zero-order valence-corrected chi connectivity index (χ0v) is 16.2. The number of halogens is 3. The topological polar surface area (TPSA) is 66.2 Å². The lowest BCUT2D eigenvalue weighted by atomic mass is 10.0. The van der Waals surface area contributed by atoms with Crippen molar-refractivity contribution >= 4 is 16.7 Å². The summed E-state index contributed by atoms with van der Waals surface area (Å²) in [5.74, 6) is 0.150. The predicted octanol–water partition coefficient (Wildman–Crippen LogP) is 3.87. The van der Waals surface area contributed by atoms with Crippen molar-refractivity contribution in [1.82, 2.24) is 19.7 Å². The maximum absolute atomic E-state index is 12.9. The number of alkyl halides is 3. The fraction of sp³-hybridized carbons (Fsp3) is 0.400. The average Bonchev–Trinajstić information content (AvgIpc) is 3.04. The molecule has 1 atom stereocenters. The molecule has 6 nitrogen and oxygen atoms in total. The number of aryl methyl sites for hydroxylation is 1. The molecular weight excluding hydrogens is 383 g/mol. The molecule has 0 unspecified atom stereocenters. The number of hydrogen-bond donors (Lipinski definition) is 2. The number of rotatable bonds is 3. The molecule has 1 aliphatic rings. The first-order valence-electron chi connectivity index (χ1n) is 9.41. The van der Waals surface area contributed by atoms with Gasteiger partial charge >= 0.3 is 6.18 Å². The standard InChI is InChI=1S/C20H22F3N5O/c1-27-8-3-4-13(11-27)24-19-18-15(7-9-28(18)2)17(25-26-19)14-6-5-12(10-16(14)29)20(21,22)23/h5-7,9-10,13,29H,3-4,8,11H2,1-2H3,(H,24,26)/t13-/m1/s1. The van der Waals surface area contributed by atoms with Crippen molar-refractivity contribution in [3.05, 3.63) is 36.0 Å². The number of phenolic OH excluding ortho intramolecular Hbond substituents is 1. The first kappa shape index (κ1) is 19.5. The van der Waals surface area contributed by atoms with Gasteiger partial charge in [0.2, 0.25) is 0 Å². The highest BCUT2D eigenvalue weighted by Crippen LogP contribution is 2.39. The monoisotopic (exact) mass is 405 g/mol. The zero-order valence-electron chi connectivity index (χ0n) is 16.2. The summed E-state index contributed by atoms with van der Waals surface area (Å²) in [6.45, 7) is 1.96. The number of fused-ring (bicyclic) bond motifs is 1. The molecule has 0 amide bonds. The van der Waals surface area contributed by atoms with Crippen LogP contribution in [0.5, 0.6) is 5.75 Å². The Hall–Kier alpha value is -2.81. The van der Waals surface area contributed by atoms with E-state index in [4.69, 9.17) is 0 Å². The van der Waals surface area contributed by atoms with Gasteiger partial charge in [-0.3, -0.25) is 0 Å². The maximum atomic E-state index is 12.9. The molecule has 1 aliphatic heterocycles. The normalized spacial score (nSPS) is 18.3. The Bertz CT molecular complexity index is 1050. The Kier molecular flexibility index (Phi) is 4.85. The van der Waals surface area contributed by atoms with E-state index in [1.807, 2.05) is 23.9 Å². The molecule has 0 bridgehead atoms. The van der Waals surface area contributed by atoms with Crippen LogP contribution in [0.3, 0.4) is 0 Å². The molecule has 3 aromatic rings. The molecule has 0 aliphatic carbocycles. The molecule has 1 fully saturated rings. The summed E-state index contributed by atoms with van der Waals surface area (Å²) < 4.78 is 40.6. The van der Waals surface area contributed by atoms with Gasteiger partial charge in [-0.15, -0.1) is 10.2 Å². The third-order valence-corrected chi connectivity index (χ3v) is 5.35. The van der Waals surface area contributed by atoms with Gasteiger partial charge in [-0.1, -0.05) is 0 Å². The molecule has 2 N–H and O–H groups in total. The number of benzene rings is 1. The van der Waals surface area contributed by atoms with Gasteiger partial charge in [0.25, 0.3) is 0 Å². The summed E-state index contributed by atoms with van der Waals surface area (Å²) >= 11 is 0. The summed E-state index contributed by atoms with van der Waals surface area (Å²) in [4.78, 5) is 2.26. The van der Waals surface area contributed by atoms with E-state index in [2.05, 4.69) is 27.5 Å². The Balaban J connectivity index is 1.74. The molecule has 29 heavy (non-hydrogen) atoms. The number of aromatic nitrogens is 3. The highest BCUT2D eigenvalue weighted by molar-refractivity contribution is 5.99. The van der Waals surface area contributed by atoms with Crippen LogP contribution in [0.2, 0.25) is 0 Å². The van der Waals surface area contributed by atoms with Crippen LogP contribution in [0.25, 0.3) is 22.2 Å². The van der Waals surface area contributed by atoms with Gasteiger partial charge in [-0.2, -0.15) is 13.2 Å². The highest BCUT2D eigenvalue weighted by Gasteiger charge is 2.31. The van der Waals surface area contributed by atoms with Gasteiger partial charge < -0.3 is 19.9 Å². The molecule has 1 saturated heterocycles. The molecule has 2 aromatic heterocycles. The van der Waals surface area contributed by atoms with Crippen LogP contribution in [-0.2, 0) is 13.2 Å². The number of nitrogens with zero attached hydrogens (tertiary/aromatic N) is 4. The summed E-state index contributed by atoms with van der Waals surface area (Å²) in [5, 5.41) is 23.0. The van der Waals surface area contributed by atoms with Gasteiger partial charge in [0, 0.05) is 36.8 Å². The van der Waals surface area contributed by atoms with Crippen LogP contribution < -0.4 is 5.32 Å². The molecule has 0 saturated carbocycles. The van der Waals surface area contributed by atoms with Gasteiger partial charge in [-0.05, 0) is 50.7 Å². The molecule has 1 aromatic carbocycles. The molecule has 3 heterocycles.